The van der Waals surface area contributed by atoms with E-state index in [0.717, 1.165) is 6.42 Å². The summed E-state index contributed by atoms with van der Waals surface area (Å²) >= 11 is 0. The number of ether oxygens (including phenoxy) is 2. The first kappa shape index (κ1) is 16.5. The van der Waals surface area contributed by atoms with E-state index in [1.54, 1.807) is 53.7 Å². The summed E-state index contributed by atoms with van der Waals surface area (Å²) in [5, 5.41) is 4.23. The number of likely N-dealkylation sites (tertiary alicyclic amines) is 1. The number of carbonyl (C=O) groups is 1. The van der Waals surface area contributed by atoms with E-state index in [0.29, 0.717) is 30.0 Å². The maximum Gasteiger partial charge on any atom is 0.258 e. The summed E-state index contributed by atoms with van der Waals surface area (Å²) in [6.07, 6.45) is 10.6. The van der Waals surface area contributed by atoms with Gasteiger partial charge in [0.05, 0.1) is 41.8 Å². The van der Waals surface area contributed by atoms with Gasteiger partial charge >= 0.3 is 0 Å². The van der Waals surface area contributed by atoms with Crippen molar-refractivity contribution in [2.75, 3.05) is 20.3 Å². The highest BCUT2D eigenvalue weighted by molar-refractivity contribution is 6.00. The number of hydrogen-bond donors (Lipinski definition) is 0. The summed E-state index contributed by atoms with van der Waals surface area (Å²) in [4.78, 5) is 23.1. The molecule has 0 unspecified atom stereocenters. The van der Waals surface area contributed by atoms with Crippen LogP contribution in [0.2, 0.25) is 0 Å². The van der Waals surface area contributed by atoms with Crippen molar-refractivity contribution in [2.24, 2.45) is 0 Å². The van der Waals surface area contributed by atoms with Crippen molar-refractivity contribution >= 4 is 11.4 Å². The van der Waals surface area contributed by atoms with E-state index in [9.17, 15) is 4.79 Å². The Balaban J connectivity index is 1.55. The predicted molar refractivity (Wildman–Crippen MR) is 93.0 cm³/mol. The molecule has 8 heteroatoms. The summed E-state index contributed by atoms with van der Waals surface area (Å²) in [7, 11) is 1.66. The quantitative estimate of drug-likeness (QED) is 0.690. The Morgan fingerprint density at radius 1 is 1.27 bits per heavy atom. The van der Waals surface area contributed by atoms with Crippen LogP contribution in [0.3, 0.4) is 0 Å². The highest BCUT2D eigenvalue weighted by Crippen LogP contribution is 2.24. The molecule has 3 aromatic rings. The van der Waals surface area contributed by atoms with Crippen LogP contribution in [-0.4, -0.2) is 62.8 Å². The Morgan fingerprint density at radius 2 is 2.15 bits per heavy atom. The first-order valence-corrected chi connectivity index (χ1v) is 8.40. The maximum absolute atomic E-state index is 13.1. The molecule has 1 fully saturated rings. The van der Waals surface area contributed by atoms with Crippen LogP contribution in [0, 0.1) is 0 Å². The zero-order valence-corrected chi connectivity index (χ0v) is 14.4. The number of hydrogen-bond acceptors (Lipinski definition) is 6. The third-order valence-electron chi connectivity index (χ3n) is 4.60. The number of rotatable bonds is 5. The van der Waals surface area contributed by atoms with Gasteiger partial charge in [-0.1, -0.05) is 0 Å². The average Bonchev–Trinajstić information content (AvgIpc) is 3.31. The highest BCUT2D eigenvalue weighted by atomic mass is 16.5. The second-order valence-corrected chi connectivity index (χ2v) is 6.17. The highest BCUT2D eigenvalue weighted by Gasteiger charge is 2.37. The zero-order chi connectivity index (χ0) is 17.9. The lowest BCUT2D eigenvalue weighted by Crippen LogP contribution is -2.39. The largest absolute Gasteiger partial charge is 0.490 e. The molecule has 0 bridgehead atoms. The second kappa shape index (κ2) is 7.09. The SMILES string of the molecule is CO[C@@H]1C[C@@H](COc2cccnc2)N(C(=O)c2cnn3ccncc23)C1. The molecule has 26 heavy (non-hydrogen) atoms. The molecule has 1 aliphatic heterocycles. The van der Waals surface area contributed by atoms with Gasteiger partial charge in [-0.25, -0.2) is 4.52 Å². The molecule has 0 radical (unpaired) electrons. The third kappa shape index (κ3) is 3.11. The van der Waals surface area contributed by atoms with Crippen LogP contribution >= 0.6 is 0 Å². The van der Waals surface area contributed by atoms with Crippen LogP contribution in [0.25, 0.3) is 5.52 Å². The van der Waals surface area contributed by atoms with E-state index in [2.05, 4.69) is 15.1 Å². The molecule has 0 aromatic carbocycles. The van der Waals surface area contributed by atoms with Gasteiger partial charge in [-0.2, -0.15) is 5.10 Å². The predicted octanol–water partition coefficient (Wildman–Crippen LogP) is 1.43. The minimum atomic E-state index is -0.0904. The van der Waals surface area contributed by atoms with Gasteiger partial charge < -0.3 is 14.4 Å². The van der Waals surface area contributed by atoms with Gasteiger partial charge in [0.1, 0.15) is 12.4 Å². The molecule has 0 aliphatic carbocycles. The normalized spacial score (nSPS) is 19.8. The minimum absolute atomic E-state index is 0.0126. The van der Waals surface area contributed by atoms with Crippen molar-refractivity contribution < 1.29 is 14.3 Å². The monoisotopic (exact) mass is 353 g/mol. The molecule has 3 aromatic heterocycles. The van der Waals surface area contributed by atoms with Crippen molar-refractivity contribution in [2.45, 2.75) is 18.6 Å². The van der Waals surface area contributed by atoms with Gasteiger partial charge in [0.2, 0.25) is 0 Å². The van der Waals surface area contributed by atoms with Crippen molar-refractivity contribution in [3.05, 3.63) is 54.9 Å². The number of carbonyl (C=O) groups excluding carboxylic acids is 1. The molecule has 1 amide bonds. The van der Waals surface area contributed by atoms with Crippen LogP contribution in [0.5, 0.6) is 5.75 Å². The lowest BCUT2D eigenvalue weighted by Gasteiger charge is -2.24. The Hall–Kier alpha value is -3.00. The van der Waals surface area contributed by atoms with Crippen molar-refractivity contribution in [1.82, 2.24) is 24.5 Å². The molecule has 4 rings (SSSR count). The van der Waals surface area contributed by atoms with Crippen LogP contribution in [0.15, 0.2) is 49.3 Å². The van der Waals surface area contributed by atoms with E-state index < -0.39 is 0 Å². The zero-order valence-electron chi connectivity index (χ0n) is 14.4. The van der Waals surface area contributed by atoms with Gasteiger partial charge in [0.15, 0.2) is 0 Å². The lowest BCUT2D eigenvalue weighted by molar-refractivity contribution is 0.0659. The van der Waals surface area contributed by atoms with Crippen molar-refractivity contribution in [1.29, 1.82) is 0 Å². The number of aromatic nitrogens is 4. The van der Waals surface area contributed by atoms with Gasteiger partial charge in [-0.3, -0.25) is 14.8 Å². The van der Waals surface area contributed by atoms with E-state index in [-0.39, 0.29) is 18.1 Å². The van der Waals surface area contributed by atoms with E-state index in [1.807, 2.05) is 12.1 Å². The van der Waals surface area contributed by atoms with E-state index in [4.69, 9.17) is 9.47 Å². The number of fused-ring (bicyclic) bond motifs is 1. The molecule has 0 spiro atoms. The topological polar surface area (TPSA) is 81.9 Å². The van der Waals surface area contributed by atoms with Crippen molar-refractivity contribution in [3.63, 3.8) is 0 Å². The molecule has 8 nitrogen and oxygen atoms in total. The van der Waals surface area contributed by atoms with Gasteiger partial charge in [0.25, 0.3) is 5.91 Å². The molecule has 4 heterocycles. The number of amides is 1. The fourth-order valence-electron chi connectivity index (χ4n) is 3.23. The summed E-state index contributed by atoms with van der Waals surface area (Å²) < 4.78 is 13.0. The van der Waals surface area contributed by atoms with Crippen LogP contribution in [-0.2, 0) is 4.74 Å². The lowest BCUT2D eigenvalue weighted by atomic mass is 10.2. The van der Waals surface area contributed by atoms with Gasteiger partial charge in [-0.15, -0.1) is 0 Å². The molecular weight excluding hydrogens is 334 g/mol. The number of pyridine rings is 1. The smallest absolute Gasteiger partial charge is 0.258 e. The Kier molecular flexibility index (Phi) is 4.49. The molecule has 1 saturated heterocycles. The van der Waals surface area contributed by atoms with Crippen LogP contribution in [0.1, 0.15) is 16.8 Å². The van der Waals surface area contributed by atoms with Crippen LogP contribution in [0.4, 0.5) is 0 Å². The Morgan fingerprint density at radius 3 is 2.96 bits per heavy atom. The molecule has 0 N–H and O–H groups in total. The molecule has 0 saturated carbocycles. The number of methoxy groups -OCH3 is 1. The average molecular weight is 353 g/mol. The molecule has 134 valence electrons. The standard InChI is InChI=1S/C18H19N5O3/c1-25-15-7-13(12-26-14-3-2-4-19-8-14)22(11-15)18(24)16-9-21-23-6-5-20-10-17(16)23/h2-6,8-10,13,15H,7,11-12H2,1H3/t13-,15+/m0/s1. The second-order valence-electron chi connectivity index (χ2n) is 6.17. The third-order valence-corrected chi connectivity index (χ3v) is 4.60. The molecule has 1 aliphatic rings. The summed E-state index contributed by atoms with van der Waals surface area (Å²) in [6.45, 7) is 0.906. The number of nitrogens with zero attached hydrogens (tertiary/aromatic N) is 5. The first-order valence-electron chi connectivity index (χ1n) is 8.40. The van der Waals surface area contributed by atoms with Crippen molar-refractivity contribution in [3.8, 4) is 5.75 Å². The summed E-state index contributed by atoms with van der Waals surface area (Å²) in [5.41, 5.74) is 1.21. The fraction of sp³-hybridized carbons (Fsp3) is 0.333. The van der Waals surface area contributed by atoms with E-state index >= 15 is 0 Å². The fourth-order valence-corrected chi connectivity index (χ4v) is 3.23. The maximum atomic E-state index is 13.1. The minimum Gasteiger partial charge on any atom is -0.490 e. The Bertz CT molecular complexity index is 898. The summed E-state index contributed by atoms with van der Waals surface area (Å²) in [6, 6.07) is 3.58. The summed E-state index contributed by atoms with van der Waals surface area (Å²) in [5.74, 6) is 0.591. The van der Waals surface area contributed by atoms with Crippen LogP contribution < -0.4 is 4.74 Å². The molecule has 2 atom stereocenters. The van der Waals surface area contributed by atoms with Gasteiger partial charge in [-0.05, 0) is 18.6 Å². The van der Waals surface area contributed by atoms with E-state index in [1.165, 1.54) is 0 Å². The van der Waals surface area contributed by atoms with Gasteiger partial charge in [0, 0.05) is 32.2 Å². The molecular formula is C18H19N5O3. The Labute approximate surface area is 150 Å². The first-order chi connectivity index (χ1) is 12.8.